The van der Waals surface area contributed by atoms with E-state index >= 15 is 0 Å². The number of fused-ring (bicyclic) bond motifs is 1. The molecule has 3 nitrogen and oxygen atoms in total. The lowest BCUT2D eigenvalue weighted by Gasteiger charge is -2.20. The highest BCUT2D eigenvalue weighted by molar-refractivity contribution is 6.07. The van der Waals surface area contributed by atoms with Crippen LogP contribution in [-0.2, 0) is 10.2 Å². The van der Waals surface area contributed by atoms with Gasteiger partial charge in [0.1, 0.15) is 0 Å². The largest absolute Gasteiger partial charge is 0.383 e. The third-order valence-corrected chi connectivity index (χ3v) is 4.63. The van der Waals surface area contributed by atoms with Crippen molar-refractivity contribution in [3.05, 3.63) is 53.3 Å². The molecule has 0 saturated heterocycles. The summed E-state index contributed by atoms with van der Waals surface area (Å²) >= 11 is 0. The van der Waals surface area contributed by atoms with Crippen molar-refractivity contribution in [1.29, 1.82) is 0 Å². The first kappa shape index (κ1) is 19.2. The van der Waals surface area contributed by atoms with Gasteiger partial charge in [0.25, 0.3) is 12.3 Å². The van der Waals surface area contributed by atoms with Crippen molar-refractivity contribution >= 4 is 11.6 Å². The Hall–Kier alpha value is -2.17. The summed E-state index contributed by atoms with van der Waals surface area (Å²) in [4.78, 5) is 14.2. The van der Waals surface area contributed by atoms with Crippen molar-refractivity contribution in [1.82, 2.24) is 4.90 Å². The number of hydrogen-bond donors (Lipinski definition) is 1. The highest BCUT2D eigenvalue weighted by Crippen LogP contribution is 2.48. The molecule has 0 heterocycles. The number of hydrogen-bond acceptors (Lipinski definition) is 2. The zero-order chi connectivity index (χ0) is 18.9. The summed E-state index contributed by atoms with van der Waals surface area (Å²) in [6.45, 7) is 9.85. The molecule has 1 aliphatic rings. The number of benzene rings is 1. The molecule has 1 aliphatic carbocycles. The molecule has 0 aromatic heterocycles. The van der Waals surface area contributed by atoms with Gasteiger partial charge in [-0.25, -0.2) is 8.78 Å². The van der Waals surface area contributed by atoms with Gasteiger partial charge in [-0.05, 0) is 34.9 Å². The van der Waals surface area contributed by atoms with Gasteiger partial charge in [-0.15, -0.1) is 0 Å². The Kier molecular flexibility index (Phi) is 5.35. The third kappa shape index (κ3) is 3.91. The van der Waals surface area contributed by atoms with Gasteiger partial charge in [0.2, 0.25) is 0 Å². The Morgan fingerprint density at radius 2 is 2.04 bits per heavy atom. The average molecular weight is 348 g/mol. The maximum Gasteiger partial charge on any atom is 0.264 e. The van der Waals surface area contributed by atoms with Crippen LogP contribution in [0, 0.1) is 0 Å². The van der Waals surface area contributed by atoms with Gasteiger partial charge < -0.3 is 10.2 Å². The molecule has 0 aliphatic heterocycles. The zero-order valence-corrected chi connectivity index (χ0v) is 15.5. The van der Waals surface area contributed by atoms with Gasteiger partial charge in [0.15, 0.2) is 0 Å². The molecule has 136 valence electrons. The quantitative estimate of drug-likeness (QED) is 0.619. The molecule has 0 spiro atoms. The van der Waals surface area contributed by atoms with Crippen LogP contribution in [-0.4, -0.2) is 31.3 Å². The van der Waals surface area contributed by atoms with E-state index in [0.717, 1.165) is 12.0 Å². The fourth-order valence-corrected chi connectivity index (χ4v) is 3.63. The average Bonchev–Trinajstić information content (AvgIpc) is 2.74. The molecular weight excluding hydrogens is 322 g/mol. The lowest BCUT2D eigenvalue weighted by atomic mass is 9.86. The predicted molar refractivity (Wildman–Crippen MR) is 98.0 cm³/mol. The Morgan fingerprint density at radius 1 is 1.40 bits per heavy atom. The van der Waals surface area contributed by atoms with Crippen LogP contribution >= 0.6 is 0 Å². The maximum atomic E-state index is 13.1. The monoisotopic (exact) mass is 348 g/mol. The predicted octanol–water partition coefficient (Wildman–Crippen LogP) is 4.68. The van der Waals surface area contributed by atoms with Crippen LogP contribution in [0.3, 0.4) is 0 Å². The van der Waals surface area contributed by atoms with Gasteiger partial charge in [0.05, 0.1) is 5.57 Å². The fourth-order valence-electron chi connectivity index (χ4n) is 3.63. The van der Waals surface area contributed by atoms with Gasteiger partial charge in [-0.2, -0.15) is 0 Å². The summed E-state index contributed by atoms with van der Waals surface area (Å²) in [5.74, 6) is -0.273. The molecular formula is C20H26F2N2O. The van der Waals surface area contributed by atoms with Crippen molar-refractivity contribution in [2.45, 2.75) is 45.0 Å². The van der Waals surface area contributed by atoms with E-state index in [1.807, 2.05) is 12.1 Å². The van der Waals surface area contributed by atoms with Gasteiger partial charge in [-0.1, -0.05) is 39.5 Å². The van der Waals surface area contributed by atoms with Crippen molar-refractivity contribution in [3.8, 4) is 0 Å². The van der Waals surface area contributed by atoms with E-state index in [9.17, 15) is 13.6 Å². The number of halogens is 2. The van der Waals surface area contributed by atoms with E-state index < -0.39 is 17.9 Å². The molecule has 1 unspecified atom stereocenters. The normalized spacial score (nSPS) is 18.9. The number of alkyl halides is 2. The van der Waals surface area contributed by atoms with Crippen molar-refractivity contribution in [2.75, 3.05) is 19.4 Å². The van der Waals surface area contributed by atoms with Crippen LogP contribution in [0.25, 0.3) is 0 Å². The minimum Gasteiger partial charge on any atom is -0.383 e. The molecule has 25 heavy (non-hydrogen) atoms. The summed E-state index contributed by atoms with van der Waals surface area (Å²) in [7, 11) is 3.35. The van der Waals surface area contributed by atoms with E-state index in [2.05, 4.69) is 38.7 Å². The lowest BCUT2D eigenvalue weighted by Crippen LogP contribution is -2.21. The zero-order valence-electron chi connectivity index (χ0n) is 15.5. The Balaban J connectivity index is 2.38. The molecule has 1 atom stereocenters. The van der Waals surface area contributed by atoms with E-state index in [0.29, 0.717) is 11.6 Å². The van der Waals surface area contributed by atoms with Crippen LogP contribution in [0.4, 0.5) is 14.5 Å². The van der Waals surface area contributed by atoms with Gasteiger partial charge >= 0.3 is 0 Å². The molecule has 0 bridgehead atoms. The topological polar surface area (TPSA) is 32.3 Å². The molecule has 5 heteroatoms. The SMILES string of the molecule is C=C(/C(=C\N(C)C)C(=O)Nc1cccc2c1C(C)CC2(C)C)C(F)F. The van der Waals surface area contributed by atoms with E-state index in [1.165, 1.54) is 11.8 Å². The highest BCUT2D eigenvalue weighted by Gasteiger charge is 2.36. The number of anilines is 1. The highest BCUT2D eigenvalue weighted by atomic mass is 19.3. The molecule has 1 aromatic carbocycles. The van der Waals surface area contributed by atoms with Crippen LogP contribution in [0.2, 0.25) is 0 Å². The number of rotatable bonds is 5. The maximum absolute atomic E-state index is 13.1. The molecule has 2 rings (SSSR count). The van der Waals surface area contributed by atoms with Crippen LogP contribution < -0.4 is 5.32 Å². The number of carbonyl (C=O) groups is 1. The molecule has 0 radical (unpaired) electrons. The molecule has 1 amide bonds. The number of carbonyl (C=O) groups excluding carboxylic acids is 1. The second-order valence-electron chi connectivity index (χ2n) is 7.54. The second kappa shape index (κ2) is 6.98. The number of amides is 1. The Labute approximate surface area is 148 Å². The van der Waals surface area contributed by atoms with Crippen molar-refractivity contribution < 1.29 is 13.6 Å². The minimum atomic E-state index is -2.78. The second-order valence-corrected chi connectivity index (χ2v) is 7.54. The first-order valence-electron chi connectivity index (χ1n) is 8.35. The summed E-state index contributed by atoms with van der Waals surface area (Å²) in [6, 6.07) is 5.79. The van der Waals surface area contributed by atoms with Crippen LogP contribution in [0.15, 0.2) is 42.1 Å². The fraction of sp³-hybridized carbons (Fsp3) is 0.450. The smallest absolute Gasteiger partial charge is 0.264 e. The Morgan fingerprint density at radius 3 is 2.60 bits per heavy atom. The van der Waals surface area contributed by atoms with Crippen molar-refractivity contribution in [2.24, 2.45) is 0 Å². The van der Waals surface area contributed by atoms with E-state index in [1.54, 1.807) is 19.0 Å². The first-order valence-corrected chi connectivity index (χ1v) is 8.35. The van der Waals surface area contributed by atoms with Gasteiger partial charge in [-0.3, -0.25) is 4.79 Å². The van der Waals surface area contributed by atoms with E-state index in [-0.39, 0.29) is 11.0 Å². The summed E-state index contributed by atoms with van der Waals surface area (Å²) in [5, 5.41) is 2.82. The third-order valence-electron chi connectivity index (χ3n) is 4.63. The van der Waals surface area contributed by atoms with Gasteiger partial charge in [0, 0.05) is 31.6 Å². The Bertz CT molecular complexity index is 720. The number of nitrogens with one attached hydrogen (secondary N) is 1. The first-order chi connectivity index (χ1) is 11.5. The van der Waals surface area contributed by atoms with E-state index in [4.69, 9.17) is 0 Å². The lowest BCUT2D eigenvalue weighted by molar-refractivity contribution is -0.112. The number of nitrogens with zero attached hydrogens (tertiary/aromatic N) is 1. The summed E-state index contributed by atoms with van der Waals surface area (Å²) < 4.78 is 26.1. The molecule has 1 aromatic rings. The van der Waals surface area contributed by atoms with Crippen LogP contribution in [0.1, 0.15) is 44.2 Å². The molecule has 0 fully saturated rings. The van der Waals surface area contributed by atoms with Crippen molar-refractivity contribution in [3.63, 3.8) is 0 Å². The van der Waals surface area contributed by atoms with Crippen LogP contribution in [0.5, 0.6) is 0 Å². The summed E-state index contributed by atoms with van der Waals surface area (Å²) in [6.07, 6.45) is -0.420. The molecule has 1 N–H and O–H groups in total. The standard InChI is InChI=1S/C20H26F2N2O/c1-12-10-20(3,4)15-8-7-9-16(17(12)15)23-19(25)14(11-24(5)6)13(2)18(21)22/h7-9,11-12,18H,2,10H2,1,3-6H3,(H,23,25)/b14-11+. The summed E-state index contributed by atoms with van der Waals surface area (Å²) in [5.41, 5.74) is 2.42. The molecule has 0 saturated carbocycles. The minimum absolute atomic E-state index is 0.0321.